The van der Waals surface area contributed by atoms with Gasteiger partial charge in [-0.3, -0.25) is 0 Å². The van der Waals surface area contributed by atoms with Crippen molar-refractivity contribution >= 4 is 11.0 Å². The van der Waals surface area contributed by atoms with Crippen molar-refractivity contribution in [2.24, 2.45) is 0 Å². The second kappa shape index (κ2) is 4.18. The number of hydrogen-bond acceptors (Lipinski definition) is 2. The Labute approximate surface area is 103 Å². The molecule has 90 valence electrons. The van der Waals surface area contributed by atoms with Crippen molar-refractivity contribution in [1.82, 2.24) is 0 Å². The predicted molar refractivity (Wildman–Crippen MR) is 67.1 cm³/mol. The fourth-order valence-corrected chi connectivity index (χ4v) is 2.06. The minimum Gasteiger partial charge on any atom is -0.504 e. The minimum atomic E-state index is -0.244. The molecule has 3 heteroatoms. The van der Waals surface area contributed by atoms with Gasteiger partial charge in [-0.15, -0.1) is 0 Å². The lowest BCUT2D eigenvalue weighted by Crippen LogP contribution is -1.88. The Bertz CT molecular complexity index is 683. The number of aromatic hydroxyl groups is 1. The zero-order chi connectivity index (χ0) is 12.5. The van der Waals surface area contributed by atoms with Crippen molar-refractivity contribution in [3.8, 4) is 5.75 Å². The maximum Gasteiger partial charge on any atom is 0.175 e. The molecule has 3 aromatic rings. The van der Waals surface area contributed by atoms with E-state index in [-0.39, 0.29) is 11.6 Å². The first-order valence-electron chi connectivity index (χ1n) is 5.66. The highest BCUT2D eigenvalue weighted by molar-refractivity contribution is 5.83. The van der Waals surface area contributed by atoms with Gasteiger partial charge in [-0.1, -0.05) is 12.1 Å². The molecule has 0 aliphatic rings. The molecule has 0 saturated heterocycles. The number of phenols is 1. The molecule has 0 saturated carbocycles. The van der Waals surface area contributed by atoms with Crippen LogP contribution in [0.5, 0.6) is 5.75 Å². The number of hydrogen-bond donors (Lipinski definition) is 1. The third-order valence-corrected chi connectivity index (χ3v) is 2.91. The molecule has 0 fully saturated rings. The van der Waals surface area contributed by atoms with Gasteiger partial charge in [-0.25, -0.2) is 4.39 Å². The van der Waals surface area contributed by atoms with Gasteiger partial charge in [0, 0.05) is 5.39 Å². The standard InChI is InChI=1S/C15H11FO2/c16-13-3-1-10(2-4-13)7-11-8-12-5-6-18-15(12)14(17)9-11/h1-6,8-9,17H,7H2. The van der Waals surface area contributed by atoms with Crippen LogP contribution in [-0.4, -0.2) is 5.11 Å². The van der Waals surface area contributed by atoms with Crippen molar-refractivity contribution in [3.05, 3.63) is 65.7 Å². The molecule has 2 aromatic carbocycles. The van der Waals surface area contributed by atoms with Crippen LogP contribution in [0, 0.1) is 5.82 Å². The van der Waals surface area contributed by atoms with Crippen LogP contribution in [0.4, 0.5) is 4.39 Å². The van der Waals surface area contributed by atoms with E-state index in [1.54, 1.807) is 24.5 Å². The van der Waals surface area contributed by atoms with E-state index in [1.165, 1.54) is 12.1 Å². The Kier molecular flexibility index (Phi) is 2.52. The first-order valence-corrected chi connectivity index (χ1v) is 5.66. The molecule has 0 atom stereocenters. The van der Waals surface area contributed by atoms with Gasteiger partial charge in [-0.05, 0) is 47.9 Å². The molecule has 3 rings (SSSR count). The molecular weight excluding hydrogens is 231 g/mol. The summed E-state index contributed by atoms with van der Waals surface area (Å²) in [7, 11) is 0. The summed E-state index contributed by atoms with van der Waals surface area (Å²) in [4.78, 5) is 0. The zero-order valence-electron chi connectivity index (χ0n) is 9.56. The van der Waals surface area contributed by atoms with Gasteiger partial charge in [0.25, 0.3) is 0 Å². The Morgan fingerprint density at radius 2 is 1.78 bits per heavy atom. The SMILES string of the molecule is Oc1cc(Cc2ccc(F)cc2)cc2ccoc12. The highest BCUT2D eigenvalue weighted by Crippen LogP contribution is 2.28. The highest BCUT2D eigenvalue weighted by Gasteiger charge is 2.06. The summed E-state index contributed by atoms with van der Waals surface area (Å²) in [5, 5.41) is 10.7. The normalized spacial score (nSPS) is 10.9. The van der Waals surface area contributed by atoms with E-state index in [1.807, 2.05) is 12.1 Å². The van der Waals surface area contributed by atoms with Gasteiger partial charge in [0.1, 0.15) is 5.82 Å². The van der Waals surface area contributed by atoms with E-state index in [2.05, 4.69) is 0 Å². The highest BCUT2D eigenvalue weighted by atomic mass is 19.1. The van der Waals surface area contributed by atoms with Crippen LogP contribution in [0.1, 0.15) is 11.1 Å². The van der Waals surface area contributed by atoms with Gasteiger partial charge in [0.15, 0.2) is 11.3 Å². The van der Waals surface area contributed by atoms with E-state index in [0.29, 0.717) is 12.0 Å². The Morgan fingerprint density at radius 1 is 1.00 bits per heavy atom. The number of phenolic OH excluding ortho intramolecular Hbond substituents is 1. The lowest BCUT2D eigenvalue weighted by Gasteiger charge is -2.03. The molecular formula is C15H11FO2. The van der Waals surface area contributed by atoms with Gasteiger partial charge in [0.05, 0.1) is 6.26 Å². The van der Waals surface area contributed by atoms with E-state index in [4.69, 9.17) is 4.42 Å². The molecule has 0 aliphatic carbocycles. The molecule has 0 radical (unpaired) electrons. The average molecular weight is 242 g/mol. The lowest BCUT2D eigenvalue weighted by atomic mass is 10.0. The fourth-order valence-electron chi connectivity index (χ4n) is 2.06. The van der Waals surface area contributed by atoms with E-state index < -0.39 is 0 Å². The smallest absolute Gasteiger partial charge is 0.175 e. The number of fused-ring (bicyclic) bond motifs is 1. The topological polar surface area (TPSA) is 33.4 Å². The predicted octanol–water partition coefficient (Wildman–Crippen LogP) is 3.87. The summed E-state index contributed by atoms with van der Waals surface area (Å²) in [6.07, 6.45) is 2.20. The fraction of sp³-hybridized carbons (Fsp3) is 0.0667. The summed E-state index contributed by atoms with van der Waals surface area (Å²) in [5.74, 6) is -0.110. The van der Waals surface area contributed by atoms with Crippen LogP contribution in [0.15, 0.2) is 53.1 Å². The van der Waals surface area contributed by atoms with E-state index in [0.717, 1.165) is 16.5 Å². The third kappa shape index (κ3) is 1.95. The molecule has 1 aromatic heterocycles. The van der Waals surface area contributed by atoms with E-state index in [9.17, 15) is 9.50 Å². The molecule has 0 unspecified atom stereocenters. The van der Waals surface area contributed by atoms with Gasteiger partial charge in [0.2, 0.25) is 0 Å². The van der Waals surface area contributed by atoms with Crippen LogP contribution in [0.25, 0.3) is 11.0 Å². The largest absolute Gasteiger partial charge is 0.504 e. The summed E-state index contributed by atoms with van der Waals surface area (Å²) in [6, 6.07) is 11.8. The maximum atomic E-state index is 12.8. The maximum absolute atomic E-state index is 12.8. The Hall–Kier alpha value is -2.29. The summed E-state index contributed by atoms with van der Waals surface area (Å²) in [6.45, 7) is 0. The van der Waals surface area contributed by atoms with Crippen LogP contribution in [0.2, 0.25) is 0 Å². The first kappa shape index (κ1) is 10.8. The van der Waals surface area contributed by atoms with Crippen molar-refractivity contribution < 1.29 is 13.9 Å². The Morgan fingerprint density at radius 3 is 2.56 bits per heavy atom. The van der Waals surface area contributed by atoms with Crippen LogP contribution >= 0.6 is 0 Å². The number of halogens is 1. The summed E-state index contributed by atoms with van der Waals surface area (Å²) < 4.78 is 18.0. The molecule has 1 heterocycles. The molecule has 0 bridgehead atoms. The third-order valence-electron chi connectivity index (χ3n) is 2.91. The summed E-state index contributed by atoms with van der Waals surface area (Å²) in [5.41, 5.74) is 2.46. The second-order valence-corrected chi connectivity index (χ2v) is 4.26. The monoisotopic (exact) mass is 242 g/mol. The van der Waals surface area contributed by atoms with Gasteiger partial charge in [-0.2, -0.15) is 0 Å². The van der Waals surface area contributed by atoms with Crippen molar-refractivity contribution in [3.63, 3.8) is 0 Å². The lowest BCUT2D eigenvalue weighted by molar-refractivity contribution is 0.464. The van der Waals surface area contributed by atoms with Crippen LogP contribution in [-0.2, 0) is 6.42 Å². The molecule has 18 heavy (non-hydrogen) atoms. The average Bonchev–Trinajstić information content (AvgIpc) is 2.81. The van der Waals surface area contributed by atoms with Crippen LogP contribution in [0.3, 0.4) is 0 Å². The number of furan rings is 1. The zero-order valence-corrected chi connectivity index (χ0v) is 9.56. The van der Waals surface area contributed by atoms with E-state index >= 15 is 0 Å². The molecule has 2 nitrogen and oxygen atoms in total. The first-order chi connectivity index (χ1) is 8.72. The minimum absolute atomic E-state index is 0.134. The summed E-state index contributed by atoms with van der Waals surface area (Å²) >= 11 is 0. The Balaban J connectivity index is 1.97. The van der Waals surface area contributed by atoms with Crippen LogP contribution < -0.4 is 0 Å². The van der Waals surface area contributed by atoms with Crippen molar-refractivity contribution in [2.45, 2.75) is 6.42 Å². The second-order valence-electron chi connectivity index (χ2n) is 4.26. The number of benzene rings is 2. The molecule has 0 amide bonds. The van der Waals surface area contributed by atoms with Gasteiger partial charge >= 0.3 is 0 Å². The number of rotatable bonds is 2. The molecule has 0 aliphatic heterocycles. The van der Waals surface area contributed by atoms with Gasteiger partial charge < -0.3 is 9.52 Å². The molecule has 0 spiro atoms. The quantitative estimate of drug-likeness (QED) is 0.740. The molecule has 1 N–H and O–H groups in total. The van der Waals surface area contributed by atoms with Crippen molar-refractivity contribution in [1.29, 1.82) is 0 Å². The van der Waals surface area contributed by atoms with Crippen molar-refractivity contribution in [2.75, 3.05) is 0 Å².